The van der Waals surface area contributed by atoms with Gasteiger partial charge in [0.1, 0.15) is 6.26 Å². The van der Waals surface area contributed by atoms with Crippen LogP contribution in [0.3, 0.4) is 0 Å². The highest BCUT2D eigenvalue weighted by Gasteiger charge is 2.55. The predicted molar refractivity (Wildman–Crippen MR) is 88.3 cm³/mol. The van der Waals surface area contributed by atoms with Crippen molar-refractivity contribution in [1.29, 1.82) is 0 Å². The number of aliphatic hydroxyl groups excluding tert-OH is 3. The Morgan fingerprint density at radius 1 is 1.46 bits per heavy atom. The lowest BCUT2D eigenvalue weighted by Crippen LogP contribution is -2.57. The Bertz CT molecular complexity index is 607. The van der Waals surface area contributed by atoms with Crippen molar-refractivity contribution in [2.24, 2.45) is 23.2 Å². The van der Waals surface area contributed by atoms with E-state index in [0.29, 0.717) is 18.4 Å². The fourth-order valence-electron chi connectivity index (χ4n) is 5.00. The van der Waals surface area contributed by atoms with Crippen LogP contribution in [0.1, 0.15) is 43.0 Å². The number of fused-ring (bicyclic) bond motifs is 1. The van der Waals surface area contributed by atoms with E-state index in [0.717, 1.165) is 18.4 Å². The molecule has 0 bridgehead atoms. The van der Waals surface area contributed by atoms with Crippen molar-refractivity contribution in [3.8, 4) is 0 Å². The normalized spacial score (nSPS) is 39.5. The number of ketones is 1. The summed E-state index contributed by atoms with van der Waals surface area (Å²) in [5, 5.41) is 30.3. The first-order valence-electron chi connectivity index (χ1n) is 8.58. The Morgan fingerprint density at radius 3 is 2.83 bits per heavy atom. The van der Waals surface area contributed by atoms with Crippen molar-refractivity contribution in [3.63, 3.8) is 0 Å². The van der Waals surface area contributed by atoms with E-state index in [4.69, 9.17) is 4.42 Å². The van der Waals surface area contributed by atoms with E-state index in [2.05, 4.69) is 13.5 Å². The van der Waals surface area contributed by atoms with Crippen LogP contribution in [0, 0.1) is 23.2 Å². The second-order valence-electron chi connectivity index (χ2n) is 7.61. The van der Waals surface area contributed by atoms with E-state index < -0.39 is 12.2 Å². The zero-order valence-corrected chi connectivity index (χ0v) is 14.0. The zero-order valence-electron chi connectivity index (χ0n) is 14.0. The van der Waals surface area contributed by atoms with E-state index in [1.807, 2.05) is 0 Å². The molecular weight excluding hydrogens is 308 g/mol. The molecule has 5 heteroatoms. The molecule has 6 atom stereocenters. The third kappa shape index (κ3) is 2.75. The number of hydrogen-bond acceptors (Lipinski definition) is 5. The summed E-state index contributed by atoms with van der Waals surface area (Å²) < 4.78 is 5.00. The molecule has 2 aliphatic rings. The molecule has 2 saturated carbocycles. The maximum atomic E-state index is 12.6. The van der Waals surface area contributed by atoms with Crippen LogP contribution >= 0.6 is 0 Å². The fraction of sp³-hybridized carbons (Fsp3) is 0.632. The molecule has 24 heavy (non-hydrogen) atoms. The van der Waals surface area contributed by atoms with Crippen molar-refractivity contribution >= 4 is 5.78 Å². The summed E-state index contributed by atoms with van der Waals surface area (Å²) >= 11 is 0. The molecule has 0 aliphatic heterocycles. The van der Waals surface area contributed by atoms with Gasteiger partial charge >= 0.3 is 0 Å². The van der Waals surface area contributed by atoms with Crippen LogP contribution in [0.25, 0.3) is 0 Å². The molecular formula is C19H26O5. The zero-order chi connectivity index (χ0) is 17.5. The van der Waals surface area contributed by atoms with Gasteiger partial charge < -0.3 is 19.7 Å². The van der Waals surface area contributed by atoms with Gasteiger partial charge in [-0.25, -0.2) is 0 Å². The van der Waals surface area contributed by atoms with E-state index in [1.54, 1.807) is 6.07 Å². The third-order valence-electron chi connectivity index (χ3n) is 6.35. The maximum Gasteiger partial charge on any atom is 0.166 e. The largest absolute Gasteiger partial charge is 0.472 e. The van der Waals surface area contributed by atoms with Crippen molar-refractivity contribution in [2.75, 3.05) is 6.61 Å². The highest BCUT2D eigenvalue weighted by atomic mass is 16.3. The van der Waals surface area contributed by atoms with Crippen molar-refractivity contribution in [1.82, 2.24) is 0 Å². The molecule has 1 aromatic heterocycles. The molecule has 3 rings (SSSR count). The molecule has 2 aliphatic carbocycles. The van der Waals surface area contributed by atoms with Gasteiger partial charge in [0.05, 0.1) is 24.0 Å². The van der Waals surface area contributed by atoms with Gasteiger partial charge in [-0.05, 0) is 42.6 Å². The smallest absolute Gasteiger partial charge is 0.166 e. The lowest BCUT2D eigenvalue weighted by atomic mass is 9.49. The van der Waals surface area contributed by atoms with Crippen molar-refractivity contribution < 1.29 is 24.5 Å². The van der Waals surface area contributed by atoms with Gasteiger partial charge in [0, 0.05) is 18.9 Å². The number of carbonyl (C=O) groups excluding carboxylic acids is 1. The molecule has 0 spiro atoms. The Hall–Kier alpha value is -1.43. The topological polar surface area (TPSA) is 90.9 Å². The third-order valence-corrected chi connectivity index (χ3v) is 6.35. The molecule has 2 fully saturated rings. The molecule has 0 radical (unpaired) electrons. The highest BCUT2D eigenvalue weighted by Crippen LogP contribution is 2.57. The molecule has 1 aromatic rings. The summed E-state index contributed by atoms with van der Waals surface area (Å²) in [6, 6.07) is 1.66. The summed E-state index contributed by atoms with van der Waals surface area (Å²) in [5.74, 6) is -0.375. The molecule has 0 aromatic carbocycles. The first-order valence-corrected chi connectivity index (χ1v) is 8.58. The van der Waals surface area contributed by atoms with Gasteiger partial charge in [-0.3, -0.25) is 4.79 Å². The van der Waals surface area contributed by atoms with Gasteiger partial charge in [0.2, 0.25) is 0 Å². The van der Waals surface area contributed by atoms with Gasteiger partial charge in [-0.1, -0.05) is 19.1 Å². The molecule has 5 nitrogen and oxygen atoms in total. The van der Waals surface area contributed by atoms with E-state index in [1.165, 1.54) is 12.5 Å². The number of hydrogen-bond donors (Lipinski definition) is 3. The second kappa shape index (κ2) is 6.47. The predicted octanol–water partition coefficient (Wildman–Crippen LogP) is 2.18. The van der Waals surface area contributed by atoms with Gasteiger partial charge in [0.25, 0.3) is 0 Å². The average molecular weight is 334 g/mol. The Balaban J connectivity index is 1.89. The Morgan fingerprint density at radius 2 is 2.21 bits per heavy atom. The monoisotopic (exact) mass is 334 g/mol. The summed E-state index contributed by atoms with van der Waals surface area (Å²) in [6.45, 7) is 6.08. The number of aliphatic hydroxyl groups is 3. The summed E-state index contributed by atoms with van der Waals surface area (Å²) in [6.07, 6.45) is 3.46. The standard InChI is InChI=1S/C19H26O5/c1-11-3-4-14-13(9-20)18(23)17(22)8-19(14,2)15(11)7-16(21)12-5-6-24-10-12/h5-6,10,13-15,17-18,20,22-23H,1,3-4,7-9H2,2H3/t13-,14+,15+,17+,18-,19+/m0/s1. The van der Waals surface area contributed by atoms with Crippen LogP contribution in [-0.4, -0.2) is 39.9 Å². The van der Waals surface area contributed by atoms with Crippen molar-refractivity contribution in [2.45, 2.75) is 44.8 Å². The minimum atomic E-state index is -0.912. The molecule has 3 N–H and O–H groups in total. The molecule has 0 unspecified atom stereocenters. The Labute approximate surface area is 142 Å². The quantitative estimate of drug-likeness (QED) is 0.580. The number of rotatable bonds is 4. The number of allylic oxidation sites excluding steroid dienone is 1. The highest BCUT2D eigenvalue weighted by molar-refractivity contribution is 5.96. The van der Waals surface area contributed by atoms with Gasteiger partial charge in [-0.2, -0.15) is 0 Å². The van der Waals surface area contributed by atoms with Crippen LogP contribution in [-0.2, 0) is 0 Å². The van der Waals surface area contributed by atoms with Crippen LogP contribution in [0.2, 0.25) is 0 Å². The summed E-state index contributed by atoms with van der Waals surface area (Å²) in [5.41, 5.74) is 1.20. The number of Topliss-reactive ketones (excluding diaryl/α,β-unsaturated/α-hetero) is 1. The lowest BCUT2D eigenvalue weighted by Gasteiger charge is -2.56. The second-order valence-corrected chi connectivity index (χ2v) is 7.61. The minimum Gasteiger partial charge on any atom is -0.472 e. The summed E-state index contributed by atoms with van der Waals surface area (Å²) in [4.78, 5) is 12.6. The van der Waals surface area contributed by atoms with E-state index >= 15 is 0 Å². The Kier molecular flexibility index (Phi) is 4.69. The summed E-state index contributed by atoms with van der Waals surface area (Å²) in [7, 11) is 0. The van der Waals surface area contributed by atoms with Gasteiger partial charge in [-0.15, -0.1) is 0 Å². The average Bonchev–Trinajstić information content (AvgIpc) is 3.07. The van der Waals surface area contributed by atoms with Crippen molar-refractivity contribution in [3.05, 3.63) is 36.3 Å². The minimum absolute atomic E-state index is 0.00191. The number of carbonyl (C=O) groups is 1. The SMILES string of the molecule is C=C1CC[C@@H]2[C@H](CO)[C@H](O)[C@H](O)C[C@@]2(C)[C@@H]1CC(=O)c1ccoc1. The molecule has 1 heterocycles. The fourth-order valence-corrected chi connectivity index (χ4v) is 5.00. The first-order chi connectivity index (χ1) is 11.4. The molecule has 132 valence electrons. The van der Waals surface area contributed by atoms with E-state index in [-0.39, 0.29) is 35.6 Å². The van der Waals surface area contributed by atoms with Gasteiger partial charge in [0.15, 0.2) is 5.78 Å². The maximum absolute atomic E-state index is 12.6. The first kappa shape index (κ1) is 17.4. The van der Waals surface area contributed by atoms with Crippen LogP contribution in [0.15, 0.2) is 35.2 Å². The molecule has 0 amide bonds. The van der Waals surface area contributed by atoms with Crippen LogP contribution in [0.5, 0.6) is 0 Å². The van der Waals surface area contributed by atoms with Crippen LogP contribution < -0.4 is 0 Å². The lowest BCUT2D eigenvalue weighted by molar-refractivity contribution is -0.152. The van der Waals surface area contributed by atoms with E-state index in [9.17, 15) is 20.1 Å². The van der Waals surface area contributed by atoms with Crippen LogP contribution in [0.4, 0.5) is 0 Å². The number of furan rings is 1. The molecule has 0 saturated heterocycles.